The molecule has 19 rings (SSSR count). The Hall–Kier alpha value is -11.4. The van der Waals surface area contributed by atoms with E-state index in [0.717, 1.165) is 56.1 Å². The molecule has 3 aromatic heterocycles. The Bertz CT molecular complexity index is 6160. The summed E-state index contributed by atoms with van der Waals surface area (Å²) in [6, 6.07) is 116. The van der Waals surface area contributed by atoms with Crippen LogP contribution in [0.3, 0.4) is 0 Å². The number of hydrogen-bond acceptors (Lipinski definition) is 3. The Balaban J connectivity index is 0.982. The van der Waals surface area contributed by atoms with Gasteiger partial charge in [0.15, 0.2) is 0 Å². The van der Waals surface area contributed by atoms with E-state index >= 15 is 0 Å². The van der Waals surface area contributed by atoms with E-state index in [4.69, 9.17) is 0 Å². The van der Waals surface area contributed by atoms with E-state index in [1.165, 1.54) is 131 Å². The lowest BCUT2D eigenvalue weighted by Gasteiger charge is -2.46. The van der Waals surface area contributed by atoms with Crippen LogP contribution in [0.5, 0.6) is 0 Å². The lowest BCUT2D eigenvalue weighted by atomic mass is 9.33. The van der Waals surface area contributed by atoms with Crippen molar-refractivity contribution in [1.82, 2.24) is 9.13 Å². The summed E-state index contributed by atoms with van der Waals surface area (Å²) in [5, 5.41) is 7.41. The Labute approximate surface area is 601 Å². The van der Waals surface area contributed by atoms with Gasteiger partial charge in [-0.1, -0.05) is 287 Å². The molecule has 5 heterocycles. The van der Waals surface area contributed by atoms with Gasteiger partial charge in [-0.15, -0.1) is 11.3 Å². The van der Waals surface area contributed by atoms with Crippen LogP contribution in [-0.4, -0.2) is 15.8 Å². The first-order valence-electron chi connectivity index (χ1n) is 36.0. The van der Waals surface area contributed by atoms with Crippen molar-refractivity contribution in [2.24, 2.45) is 0 Å². The molecule has 0 radical (unpaired) electrons. The number of rotatable bonds is 8. The van der Waals surface area contributed by atoms with E-state index in [9.17, 15) is 0 Å². The fourth-order valence-corrected chi connectivity index (χ4v) is 18.0. The summed E-state index contributed by atoms with van der Waals surface area (Å²) in [5.74, 6) is 0. The number of fused-ring (bicyclic) bond motifs is 14. The second kappa shape index (κ2) is 23.1. The van der Waals surface area contributed by atoms with Crippen molar-refractivity contribution in [3.8, 4) is 55.9 Å². The molecule has 0 aliphatic carbocycles. The molecule has 14 aromatic carbocycles. The fraction of sp³-hybridized carbons (Fsp3) is 0.125. The van der Waals surface area contributed by atoms with Crippen LogP contribution in [0.25, 0.3) is 120 Å². The van der Waals surface area contributed by atoms with E-state index in [1.807, 2.05) is 11.3 Å². The van der Waals surface area contributed by atoms with Crippen molar-refractivity contribution in [3.63, 3.8) is 0 Å². The van der Waals surface area contributed by atoms with Gasteiger partial charge in [-0.3, -0.25) is 0 Å². The Morgan fingerprint density at radius 2 is 0.745 bits per heavy atom. The molecule has 102 heavy (non-hydrogen) atoms. The number of anilines is 6. The van der Waals surface area contributed by atoms with Gasteiger partial charge in [0.25, 0.3) is 6.71 Å². The smallest absolute Gasteiger partial charge is 0.252 e. The number of thiophene rings is 1. The summed E-state index contributed by atoms with van der Waals surface area (Å²) in [4.78, 5) is 5.43. The Morgan fingerprint density at radius 1 is 0.284 bits per heavy atom. The second-order valence-corrected chi connectivity index (χ2v) is 32.3. The zero-order chi connectivity index (χ0) is 69.1. The maximum Gasteiger partial charge on any atom is 0.252 e. The summed E-state index contributed by atoms with van der Waals surface area (Å²) in [5.41, 5.74) is 30.5. The highest BCUT2D eigenvalue weighted by molar-refractivity contribution is 7.26. The monoisotopic (exact) mass is 1330 g/mol. The topological polar surface area (TPSA) is 16.3 Å². The minimum atomic E-state index is -0.295. The first-order chi connectivity index (χ1) is 49.5. The molecule has 0 N–H and O–H groups in total. The molecule has 0 bridgehead atoms. The van der Waals surface area contributed by atoms with Gasteiger partial charge >= 0.3 is 0 Å². The highest BCUT2D eigenvalue weighted by Gasteiger charge is 2.46. The van der Waals surface area contributed by atoms with Crippen LogP contribution in [0.4, 0.5) is 34.1 Å². The maximum absolute atomic E-state index is 2.73. The van der Waals surface area contributed by atoms with Gasteiger partial charge in [0.2, 0.25) is 0 Å². The highest BCUT2D eigenvalue weighted by atomic mass is 32.1. The minimum absolute atomic E-state index is 0.0729. The maximum atomic E-state index is 2.73. The number of aromatic nitrogens is 2. The molecule has 490 valence electrons. The third-order valence-corrected chi connectivity index (χ3v) is 23.1. The lowest BCUT2D eigenvalue weighted by molar-refractivity contribution is 0.569. The zero-order valence-electron chi connectivity index (χ0n) is 59.1. The first kappa shape index (κ1) is 61.6. The summed E-state index contributed by atoms with van der Waals surface area (Å²) in [7, 11) is 0. The van der Waals surface area contributed by atoms with Crippen LogP contribution in [-0.2, 0) is 16.2 Å². The van der Waals surface area contributed by atoms with Gasteiger partial charge in [0.1, 0.15) is 0 Å². The number of nitrogens with zero attached hydrogens (tertiary/aromatic N) is 4. The van der Waals surface area contributed by atoms with E-state index in [1.54, 1.807) is 0 Å². The van der Waals surface area contributed by atoms with Gasteiger partial charge in [-0.05, 0) is 162 Å². The molecule has 0 saturated carbocycles. The van der Waals surface area contributed by atoms with Crippen LogP contribution in [0.15, 0.2) is 303 Å². The van der Waals surface area contributed by atoms with Gasteiger partial charge in [-0.2, -0.15) is 0 Å². The molecule has 0 atom stereocenters. The molecule has 0 spiro atoms. The molecule has 2 aliphatic heterocycles. The predicted octanol–water partition coefficient (Wildman–Crippen LogP) is 24.9. The van der Waals surface area contributed by atoms with Gasteiger partial charge in [0.05, 0.1) is 38.1 Å². The molecule has 0 fully saturated rings. The van der Waals surface area contributed by atoms with Crippen molar-refractivity contribution in [2.45, 2.75) is 78.6 Å². The SMILES string of the molecule is CC(C)(C)c1cc(-c2ccc3c(c2)N(c2cccc4c2sc2ccccc24)c2cc(C(C)(C)C)cc4c2B3c2ccc(-n3c5ccccc5c5ccc6c7ccccc7n(-c7ccccc7)c6c53)cc2N4c2c(-c3ccccc3)cc(-c3ccccc3)cc2-c2ccccc2)cc(C(C)(C)C)c1. The largest absolute Gasteiger partial charge is 0.310 e. The van der Waals surface area contributed by atoms with Crippen LogP contribution in [0, 0.1) is 0 Å². The second-order valence-electron chi connectivity index (χ2n) is 31.3. The van der Waals surface area contributed by atoms with Crippen LogP contribution in [0.2, 0.25) is 0 Å². The van der Waals surface area contributed by atoms with E-state index in [-0.39, 0.29) is 23.0 Å². The average molecular weight is 1330 g/mol. The van der Waals surface area contributed by atoms with Gasteiger partial charge < -0.3 is 18.9 Å². The number of benzene rings is 14. The van der Waals surface area contributed by atoms with Crippen molar-refractivity contribution < 1.29 is 0 Å². The molecule has 0 amide bonds. The fourth-order valence-electron chi connectivity index (χ4n) is 16.8. The van der Waals surface area contributed by atoms with E-state index in [2.05, 4.69) is 385 Å². The van der Waals surface area contributed by atoms with Gasteiger partial charge in [0, 0.05) is 82.3 Å². The normalized spacial score (nSPS) is 13.1. The number of para-hydroxylation sites is 3. The highest BCUT2D eigenvalue weighted by Crippen LogP contribution is 2.55. The molecular formula is C96H77BN4S. The van der Waals surface area contributed by atoms with Crippen LogP contribution < -0.4 is 26.2 Å². The minimum Gasteiger partial charge on any atom is -0.310 e. The van der Waals surface area contributed by atoms with Crippen molar-refractivity contribution in [2.75, 3.05) is 9.80 Å². The first-order valence-corrected chi connectivity index (χ1v) is 36.8. The molecule has 0 unspecified atom stereocenters. The lowest BCUT2D eigenvalue weighted by Crippen LogP contribution is -2.61. The molecular weight excluding hydrogens is 1250 g/mol. The third kappa shape index (κ3) is 9.70. The molecule has 4 nitrogen and oxygen atoms in total. The Kier molecular flexibility index (Phi) is 13.9. The van der Waals surface area contributed by atoms with Crippen molar-refractivity contribution in [3.05, 3.63) is 320 Å². The number of hydrogen-bond donors (Lipinski definition) is 0. The third-order valence-electron chi connectivity index (χ3n) is 21.9. The molecule has 2 aliphatic rings. The zero-order valence-corrected chi connectivity index (χ0v) is 60.0. The molecule has 17 aromatic rings. The molecule has 6 heteroatoms. The summed E-state index contributed by atoms with van der Waals surface area (Å²) >= 11 is 1.91. The van der Waals surface area contributed by atoms with Crippen LogP contribution >= 0.6 is 11.3 Å². The van der Waals surface area contributed by atoms with Crippen molar-refractivity contribution >= 4 is 132 Å². The quantitative estimate of drug-likeness (QED) is 0.141. The van der Waals surface area contributed by atoms with Crippen LogP contribution in [0.1, 0.15) is 79.0 Å². The Morgan fingerprint density at radius 3 is 1.32 bits per heavy atom. The van der Waals surface area contributed by atoms with Crippen molar-refractivity contribution in [1.29, 1.82) is 0 Å². The summed E-state index contributed by atoms with van der Waals surface area (Å²) in [6.07, 6.45) is 0. The van der Waals surface area contributed by atoms with E-state index < -0.39 is 0 Å². The van der Waals surface area contributed by atoms with Gasteiger partial charge in [-0.25, -0.2) is 0 Å². The molecule has 0 saturated heterocycles. The van der Waals surface area contributed by atoms with E-state index in [0.29, 0.717) is 0 Å². The predicted molar refractivity (Wildman–Crippen MR) is 440 cm³/mol. The average Bonchev–Trinajstić information content (AvgIpc) is 0.915. The summed E-state index contributed by atoms with van der Waals surface area (Å²) in [6.45, 7) is 21.1. The summed E-state index contributed by atoms with van der Waals surface area (Å²) < 4.78 is 7.65. The standard InChI is InChI=1S/C96H77BN4S/c1-94(2,3)66-51-64(52-67(56-66)95(4,5)6)63-45-49-79-84(55-63)100(83-43-28-40-76-73-39-24-27-44-88(73)102-93(76)83)86-57-68(96(7,8)9)58-87-89(86)97(79)80-50-46-70(99-82-42-26-23-38-72(82)75-48-47-74-71-37-22-25-41-81(71)98(91(74)92(75)99)69-35-20-13-21-36-69)59-85(80)101(87)90-77(61-31-16-11-17-32-61)53-65(60-29-14-10-15-30-60)54-78(90)62-33-18-12-19-34-62/h10-59H,1-9H3.